The van der Waals surface area contributed by atoms with E-state index in [1.165, 1.54) is 0 Å². The lowest BCUT2D eigenvalue weighted by atomic mass is 9.59. The highest BCUT2D eigenvalue weighted by Crippen LogP contribution is 2.37. The fourth-order valence-corrected chi connectivity index (χ4v) is 1.11. The van der Waals surface area contributed by atoms with E-state index in [9.17, 15) is 4.79 Å². The van der Waals surface area contributed by atoms with Gasteiger partial charge in [0, 0.05) is 5.31 Å². The predicted molar refractivity (Wildman–Crippen MR) is 50.4 cm³/mol. The van der Waals surface area contributed by atoms with Gasteiger partial charge in [-0.3, -0.25) is 4.79 Å². The fourth-order valence-electron chi connectivity index (χ4n) is 1.11. The summed E-state index contributed by atoms with van der Waals surface area (Å²) >= 11 is 0. The van der Waals surface area contributed by atoms with E-state index in [0.717, 1.165) is 12.8 Å². The number of hydrogen-bond acceptors (Lipinski definition) is 1. The van der Waals surface area contributed by atoms with Crippen LogP contribution in [0.25, 0.3) is 0 Å². The topological polar surface area (TPSA) is 37.3 Å². The second kappa shape index (κ2) is 4.53. The molecule has 0 aromatic rings. The van der Waals surface area contributed by atoms with Crippen LogP contribution in [-0.2, 0) is 4.79 Å². The third kappa shape index (κ3) is 2.54. The van der Waals surface area contributed by atoms with Gasteiger partial charge in [-0.15, -0.1) is 0 Å². The highest BCUT2D eigenvalue weighted by atomic mass is 16.4. The van der Waals surface area contributed by atoms with E-state index in [0.29, 0.717) is 6.42 Å². The summed E-state index contributed by atoms with van der Waals surface area (Å²) in [6.45, 7) is 5.73. The lowest BCUT2D eigenvalue weighted by Gasteiger charge is -2.29. The maximum atomic E-state index is 10.8. The Bertz CT molecular complexity index is 157. The van der Waals surface area contributed by atoms with Crippen LogP contribution in [0.5, 0.6) is 0 Å². The monoisotopic (exact) mass is 168 g/mol. The van der Waals surface area contributed by atoms with Crippen LogP contribution in [-0.4, -0.2) is 18.9 Å². The standard InChI is InChI=1S/C9H17BO2/c1-4-5-6-9(10,7(2)3)8(11)12/h7H,4-6H2,1-3H3,(H,11,12). The minimum atomic E-state index is -1.03. The summed E-state index contributed by atoms with van der Waals surface area (Å²) in [5.41, 5.74) is 0. The molecule has 1 atom stereocenters. The van der Waals surface area contributed by atoms with Gasteiger partial charge >= 0.3 is 5.97 Å². The molecule has 0 aliphatic carbocycles. The average Bonchev–Trinajstić information content (AvgIpc) is 1.99. The molecule has 0 fully saturated rings. The molecule has 0 spiro atoms. The van der Waals surface area contributed by atoms with Crippen molar-refractivity contribution in [2.75, 3.05) is 0 Å². The summed E-state index contributed by atoms with van der Waals surface area (Å²) in [7, 11) is 5.77. The van der Waals surface area contributed by atoms with Gasteiger partial charge in [0.2, 0.25) is 0 Å². The molecule has 68 valence electrons. The van der Waals surface area contributed by atoms with Crippen molar-refractivity contribution in [3.05, 3.63) is 0 Å². The predicted octanol–water partition coefficient (Wildman–Crippen LogP) is 2.24. The van der Waals surface area contributed by atoms with E-state index in [1.54, 1.807) is 0 Å². The number of aliphatic carboxylic acids is 1. The Morgan fingerprint density at radius 3 is 2.33 bits per heavy atom. The Labute approximate surface area is 75.8 Å². The van der Waals surface area contributed by atoms with Gasteiger partial charge in [-0.1, -0.05) is 33.6 Å². The van der Waals surface area contributed by atoms with E-state index in [4.69, 9.17) is 13.0 Å². The van der Waals surface area contributed by atoms with Crippen molar-refractivity contribution in [2.45, 2.75) is 45.3 Å². The minimum Gasteiger partial charge on any atom is -0.481 e. The third-order valence-electron chi connectivity index (χ3n) is 2.37. The van der Waals surface area contributed by atoms with E-state index < -0.39 is 11.3 Å². The SMILES string of the molecule is [B]C(CCCC)(C(=O)O)C(C)C. The Balaban J connectivity index is 4.29. The number of hydrogen-bond donors (Lipinski definition) is 1. The minimum absolute atomic E-state index is 0.0125. The first kappa shape index (κ1) is 11.5. The van der Waals surface area contributed by atoms with E-state index >= 15 is 0 Å². The van der Waals surface area contributed by atoms with Crippen LogP contribution in [0.15, 0.2) is 0 Å². The van der Waals surface area contributed by atoms with Gasteiger partial charge in [-0.25, -0.2) is 0 Å². The molecule has 0 amide bonds. The van der Waals surface area contributed by atoms with E-state index in [1.807, 2.05) is 20.8 Å². The molecule has 1 N–H and O–H groups in total. The van der Waals surface area contributed by atoms with Gasteiger partial charge < -0.3 is 5.11 Å². The van der Waals surface area contributed by atoms with Gasteiger partial charge in [0.05, 0.1) is 7.85 Å². The van der Waals surface area contributed by atoms with Gasteiger partial charge in [0.25, 0.3) is 0 Å². The molecule has 1 unspecified atom stereocenters. The molecule has 2 radical (unpaired) electrons. The molecule has 0 saturated heterocycles. The van der Waals surface area contributed by atoms with Crippen LogP contribution in [0.1, 0.15) is 40.0 Å². The quantitative estimate of drug-likeness (QED) is 0.639. The first-order chi connectivity index (χ1) is 5.45. The van der Waals surface area contributed by atoms with Gasteiger partial charge in [0.1, 0.15) is 0 Å². The number of rotatable bonds is 5. The molecule has 2 nitrogen and oxygen atoms in total. The van der Waals surface area contributed by atoms with Crippen molar-refractivity contribution in [3.63, 3.8) is 0 Å². The van der Waals surface area contributed by atoms with Crippen molar-refractivity contribution in [3.8, 4) is 0 Å². The molecule has 0 bridgehead atoms. The van der Waals surface area contributed by atoms with Crippen LogP contribution in [0.3, 0.4) is 0 Å². The molecule has 0 aliphatic rings. The second-order valence-electron chi connectivity index (χ2n) is 3.60. The van der Waals surface area contributed by atoms with E-state index in [2.05, 4.69) is 0 Å². The maximum Gasteiger partial charge on any atom is 0.300 e. The van der Waals surface area contributed by atoms with Crippen molar-refractivity contribution in [2.24, 2.45) is 5.92 Å². The largest absolute Gasteiger partial charge is 0.481 e. The van der Waals surface area contributed by atoms with Gasteiger partial charge in [-0.05, 0) is 12.3 Å². The lowest BCUT2D eigenvalue weighted by molar-refractivity contribution is -0.142. The van der Waals surface area contributed by atoms with Crippen LogP contribution in [0, 0.1) is 5.92 Å². The summed E-state index contributed by atoms with van der Waals surface area (Å²) in [6.07, 6.45) is 2.43. The molecule has 0 saturated carbocycles. The van der Waals surface area contributed by atoms with Crippen LogP contribution in [0.4, 0.5) is 0 Å². The Hall–Kier alpha value is -0.465. The number of carboxylic acid groups (broad SMARTS) is 1. The number of carbonyl (C=O) groups is 1. The smallest absolute Gasteiger partial charge is 0.300 e. The van der Waals surface area contributed by atoms with Crippen LogP contribution >= 0.6 is 0 Å². The zero-order valence-corrected chi connectivity index (χ0v) is 8.13. The molecule has 3 heteroatoms. The summed E-state index contributed by atoms with van der Waals surface area (Å²) in [5.74, 6) is -0.896. The molecule has 0 aromatic heterocycles. The Kier molecular flexibility index (Phi) is 4.36. The highest BCUT2D eigenvalue weighted by Gasteiger charge is 2.34. The first-order valence-electron chi connectivity index (χ1n) is 4.47. The van der Waals surface area contributed by atoms with Gasteiger partial charge in [0.15, 0.2) is 0 Å². The van der Waals surface area contributed by atoms with Crippen LogP contribution in [0.2, 0.25) is 5.31 Å². The lowest BCUT2D eigenvalue weighted by Crippen LogP contribution is -2.29. The van der Waals surface area contributed by atoms with Crippen LogP contribution < -0.4 is 0 Å². The maximum absolute atomic E-state index is 10.8. The van der Waals surface area contributed by atoms with Crippen molar-refractivity contribution >= 4 is 13.8 Å². The molecular formula is C9H17BO2. The molecule has 12 heavy (non-hydrogen) atoms. The molecule has 0 heterocycles. The third-order valence-corrected chi connectivity index (χ3v) is 2.37. The molecular weight excluding hydrogens is 151 g/mol. The van der Waals surface area contributed by atoms with E-state index in [-0.39, 0.29) is 5.92 Å². The Morgan fingerprint density at radius 2 is 2.08 bits per heavy atom. The molecule has 0 rings (SSSR count). The normalized spacial score (nSPS) is 16.0. The second-order valence-corrected chi connectivity index (χ2v) is 3.60. The summed E-state index contributed by atoms with van der Waals surface area (Å²) in [4.78, 5) is 10.8. The summed E-state index contributed by atoms with van der Waals surface area (Å²) < 4.78 is 0. The molecule has 0 aliphatic heterocycles. The zero-order chi connectivity index (χ0) is 9.78. The number of carboxylic acids is 1. The first-order valence-corrected chi connectivity index (χ1v) is 4.47. The zero-order valence-electron chi connectivity index (χ0n) is 8.13. The van der Waals surface area contributed by atoms with Crippen molar-refractivity contribution in [1.29, 1.82) is 0 Å². The molecule has 0 aromatic carbocycles. The number of unbranched alkanes of at least 4 members (excludes halogenated alkanes) is 1. The van der Waals surface area contributed by atoms with Gasteiger partial charge in [-0.2, -0.15) is 0 Å². The highest BCUT2D eigenvalue weighted by molar-refractivity contribution is 6.26. The Morgan fingerprint density at radius 1 is 1.58 bits per heavy atom. The summed E-state index contributed by atoms with van der Waals surface area (Å²) in [5, 5.41) is 7.87. The fraction of sp³-hybridized carbons (Fsp3) is 0.889. The summed E-state index contributed by atoms with van der Waals surface area (Å²) in [6, 6.07) is 0. The average molecular weight is 168 g/mol. The van der Waals surface area contributed by atoms with Crippen molar-refractivity contribution in [1.82, 2.24) is 0 Å². The van der Waals surface area contributed by atoms with Crippen molar-refractivity contribution < 1.29 is 9.90 Å².